The number of benzene rings is 2. The molecule has 0 fully saturated rings. The van der Waals surface area contributed by atoms with Gasteiger partial charge < -0.3 is 10.3 Å². The molecule has 0 spiro atoms. The van der Waals surface area contributed by atoms with Gasteiger partial charge in [0.25, 0.3) is 0 Å². The van der Waals surface area contributed by atoms with E-state index in [1.165, 1.54) is 0 Å². The number of nitrogens with one attached hydrogen (secondary N) is 2. The number of aromatic amines is 1. The standard InChI is InChI=1S/C16H11N5/c17-8-11-1-3-12(4-2-11)10-19-16-20-14-6-5-13(9-18)7-15(14)21-16/h1-7H,10H2,(H2,19,20,21). The van der Waals surface area contributed by atoms with Crippen molar-refractivity contribution in [2.75, 3.05) is 5.32 Å². The highest BCUT2D eigenvalue weighted by atomic mass is 15.1. The molecule has 0 atom stereocenters. The number of aromatic nitrogens is 2. The molecular weight excluding hydrogens is 262 g/mol. The van der Waals surface area contributed by atoms with E-state index in [0.29, 0.717) is 23.6 Å². The molecular formula is C16H11N5. The summed E-state index contributed by atoms with van der Waals surface area (Å²) in [4.78, 5) is 7.55. The summed E-state index contributed by atoms with van der Waals surface area (Å²) in [6.07, 6.45) is 0. The third-order valence-corrected chi connectivity index (χ3v) is 3.15. The van der Waals surface area contributed by atoms with Crippen LogP contribution in [0.3, 0.4) is 0 Å². The first-order chi connectivity index (χ1) is 10.3. The Balaban J connectivity index is 1.75. The van der Waals surface area contributed by atoms with Crippen LogP contribution in [0.25, 0.3) is 11.0 Å². The Morgan fingerprint density at radius 3 is 2.43 bits per heavy atom. The van der Waals surface area contributed by atoms with Crippen molar-refractivity contribution in [3.8, 4) is 12.1 Å². The first kappa shape index (κ1) is 12.7. The lowest BCUT2D eigenvalue weighted by molar-refractivity contribution is 1.10. The molecule has 2 aromatic carbocycles. The van der Waals surface area contributed by atoms with Crippen LogP contribution in [0.4, 0.5) is 5.95 Å². The SMILES string of the molecule is N#Cc1ccc(CNc2nc3ccc(C#N)cc3[nH]2)cc1. The smallest absolute Gasteiger partial charge is 0.201 e. The fraction of sp³-hybridized carbons (Fsp3) is 0.0625. The molecule has 0 radical (unpaired) electrons. The molecule has 1 heterocycles. The molecule has 100 valence electrons. The summed E-state index contributed by atoms with van der Waals surface area (Å²) in [6, 6.07) is 16.9. The Morgan fingerprint density at radius 1 is 1.00 bits per heavy atom. The van der Waals surface area contributed by atoms with Crippen molar-refractivity contribution in [2.24, 2.45) is 0 Å². The monoisotopic (exact) mass is 273 g/mol. The lowest BCUT2D eigenvalue weighted by Gasteiger charge is -2.02. The minimum atomic E-state index is 0.602. The molecule has 0 amide bonds. The molecule has 1 aromatic heterocycles. The van der Waals surface area contributed by atoms with E-state index in [4.69, 9.17) is 10.5 Å². The van der Waals surface area contributed by atoms with Crippen LogP contribution in [-0.4, -0.2) is 9.97 Å². The van der Waals surface area contributed by atoms with Crippen LogP contribution in [0.5, 0.6) is 0 Å². The predicted octanol–water partition coefficient (Wildman–Crippen LogP) is 2.92. The van der Waals surface area contributed by atoms with Crippen molar-refractivity contribution in [1.29, 1.82) is 10.5 Å². The van der Waals surface area contributed by atoms with Crippen LogP contribution in [0.1, 0.15) is 16.7 Å². The highest BCUT2D eigenvalue weighted by molar-refractivity contribution is 5.78. The summed E-state index contributed by atoms with van der Waals surface area (Å²) in [5.41, 5.74) is 3.95. The number of imidazole rings is 1. The number of nitrogens with zero attached hydrogens (tertiary/aromatic N) is 3. The predicted molar refractivity (Wildman–Crippen MR) is 79.3 cm³/mol. The molecule has 0 unspecified atom stereocenters. The molecule has 0 aliphatic rings. The van der Waals surface area contributed by atoms with Gasteiger partial charge in [-0.05, 0) is 35.9 Å². The van der Waals surface area contributed by atoms with Crippen molar-refractivity contribution >= 4 is 17.0 Å². The van der Waals surface area contributed by atoms with Crippen LogP contribution >= 0.6 is 0 Å². The van der Waals surface area contributed by atoms with Crippen LogP contribution in [0, 0.1) is 22.7 Å². The number of fused-ring (bicyclic) bond motifs is 1. The van der Waals surface area contributed by atoms with Crippen molar-refractivity contribution in [1.82, 2.24) is 9.97 Å². The average Bonchev–Trinajstić information content (AvgIpc) is 2.95. The second-order valence-electron chi connectivity index (χ2n) is 4.59. The minimum absolute atomic E-state index is 0.602. The summed E-state index contributed by atoms with van der Waals surface area (Å²) in [5, 5.41) is 20.8. The van der Waals surface area contributed by atoms with Crippen molar-refractivity contribution < 1.29 is 0 Å². The van der Waals surface area contributed by atoms with Gasteiger partial charge in [-0.25, -0.2) is 4.98 Å². The van der Waals surface area contributed by atoms with E-state index < -0.39 is 0 Å². The Kier molecular flexibility index (Phi) is 3.24. The van der Waals surface area contributed by atoms with Gasteiger partial charge >= 0.3 is 0 Å². The van der Waals surface area contributed by atoms with E-state index >= 15 is 0 Å². The third kappa shape index (κ3) is 2.68. The van der Waals surface area contributed by atoms with Gasteiger partial charge in [-0.15, -0.1) is 0 Å². The van der Waals surface area contributed by atoms with E-state index in [1.54, 1.807) is 24.3 Å². The number of rotatable bonds is 3. The lowest BCUT2D eigenvalue weighted by atomic mass is 10.1. The van der Waals surface area contributed by atoms with Gasteiger partial charge in [0.1, 0.15) is 0 Å². The maximum atomic E-state index is 8.88. The van der Waals surface area contributed by atoms with E-state index in [2.05, 4.69) is 27.4 Å². The van der Waals surface area contributed by atoms with Crippen molar-refractivity contribution in [2.45, 2.75) is 6.54 Å². The van der Waals surface area contributed by atoms with Gasteiger partial charge in [0.2, 0.25) is 5.95 Å². The quantitative estimate of drug-likeness (QED) is 0.768. The van der Waals surface area contributed by atoms with E-state index in [9.17, 15) is 0 Å². The van der Waals surface area contributed by atoms with Crippen LogP contribution in [0.2, 0.25) is 0 Å². The topological polar surface area (TPSA) is 88.3 Å². The number of hydrogen-bond acceptors (Lipinski definition) is 4. The average molecular weight is 273 g/mol. The Bertz CT molecular complexity index is 862. The number of anilines is 1. The molecule has 0 aliphatic heterocycles. The lowest BCUT2D eigenvalue weighted by Crippen LogP contribution is -2.00. The van der Waals surface area contributed by atoms with Gasteiger partial charge in [-0.2, -0.15) is 10.5 Å². The molecule has 0 aliphatic carbocycles. The summed E-state index contributed by atoms with van der Waals surface area (Å²) >= 11 is 0. The highest BCUT2D eigenvalue weighted by Crippen LogP contribution is 2.16. The van der Waals surface area contributed by atoms with Crippen molar-refractivity contribution in [3.05, 3.63) is 59.2 Å². The van der Waals surface area contributed by atoms with Gasteiger partial charge in [-0.3, -0.25) is 0 Å². The fourth-order valence-corrected chi connectivity index (χ4v) is 2.05. The third-order valence-electron chi connectivity index (χ3n) is 3.15. The fourth-order valence-electron chi connectivity index (χ4n) is 2.05. The summed E-state index contributed by atoms with van der Waals surface area (Å²) in [7, 11) is 0. The van der Waals surface area contributed by atoms with E-state index in [1.807, 2.05) is 18.2 Å². The second-order valence-corrected chi connectivity index (χ2v) is 4.59. The van der Waals surface area contributed by atoms with Gasteiger partial charge in [0.05, 0.1) is 34.3 Å². The summed E-state index contributed by atoms with van der Waals surface area (Å²) in [5.74, 6) is 0.657. The second kappa shape index (κ2) is 5.36. The molecule has 5 nitrogen and oxygen atoms in total. The minimum Gasteiger partial charge on any atom is -0.352 e. The number of hydrogen-bond donors (Lipinski definition) is 2. The van der Waals surface area contributed by atoms with Crippen LogP contribution in [-0.2, 0) is 6.54 Å². The summed E-state index contributed by atoms with van der Waals surface area (Å²) in [6.45, 7) is 0.608. The largest absolute Gasteiger partial charge is 0.352 e. The Labute approximate surface area is 121 Å². The van der Waals surface area contributed by atoms with E-state index in [0.717, 1.165) is 16.6 Å². The van der Waals surface area contributed by atoms with Crippen LogP contribution in [0.15, 0.2) is 42.5 Å². The maximum Gasteiger partial charge on any atom is 0.201 e. The van der Waals surface area contributed by atoms with Gasteiger partial charge in [0, 0.05) is 6.54 Å². The Hall–Kier alpha value is -3.31. The van der Waals surface area contributed by atoms with E-state index in [-0.39, 0.29) is 0 Å². The maximum absolute atomic E-state index is 8.88. The summed E-state index contributed by atoms with van der Waals surface area (Å²) < 4.78 is 0. The van der Waals surface area contributed by atoms with Gasteiger partial charge in [0.15, 0.2) is 0 Å². The molecule has 21 heavy (non-hydrogen) atoms. The first-order valence-electron chi connectivity index (χ1n) is 6.41. The Morgan fingerprint density at radius 2 is 1.71 bits per heavy atom. The molecule has 3 aromatic rings. The van der Waals surface area contributed by atoms with Crippen molar-refractivity contribution in [3.63, 3.8) is 0 Å². The molecule has 5 heteroatoms. The van der Waals surface area contributed by atoms with Crippen LogP contribution < -0.4 is 5.32 Å². The molecule has 2 N–H and O–H groups in total. The highest BCUT2D eigenvalue weighted by Gasteiger charge is 2.03. The molecule has 3 rings (SSSR count). The zero-order chi connectivity index (χ0) is 14.7. The molecule has 0 saturated carbocycles. The first-order valence-corrected chi connectivity index (χ1v) is 6.41. The number of nitriles is 2. The number of H-pyrrole nitrogens is 1. The zero-order valence-electron chi connectivity index (χ0n) is 11.1. The molecule has 0 saturated heterocycles. The molecule has 0 bridgehead atoms. The normalized spacial score (nSPS) is 10.0. The zero-order valence-corrected chi connectivity index (χ0v) is 11.1. The van der Waals surface area contributed by atoms with Gasteiger partial charge in [-0.1, -0.05) is 12.1 Å².